The van der Waals surface area contributed by atoms with Crippen molar-refractivity contribution in [3.63, 3.8) is 0 Å². The molecule has 0 saturated carbocycles. The predicted octanol–water partition coefficient (Wildman–Crippen LogP) is 3.29. The monoisotopic (exact) mass is 359 g/mol. The maximum Gasteiger partial charge on any atom is 0.280 e. The molecular formula is C19H16F3N3O. The summed E-state index contributed by atoms with van der Waals surface area (Å²) in [5, 5.41) is 0. The first-order valence-corrected chi connectivity index (χ1v) is 7.99. The molecule has 2 aromatic carbocycles. The molecule has 26 heavy (non-hydrogen) atoms. The van der Waals surface area contributed by atoms with Gasteiger partial charge in [0.15, 0.2) is 5.96 Å². The van der Waals surface area contributed by atoms with Crippen molar-refractivity contribution in [2.45, 2.75) is 19.3 Å². The fourth-order valence-corrected chi connectivity index (χ4v) is 3.05. The zero-order valence-corrected chi connectivity index (χ0v) is 13.7. The molecule has 0 saturated heterocycles. The van der Waals surface area contributed by atoms with Crippen LogP contribution in [-0.2, 0) is 6.42 Å². The number of carbonyl (C=O) groups is 1. The molecule has 134 valence electrons. The lowest BCUT2D eigenvalue weighted by atomic mass is 9.91. The number of aryl methyl sites for hydroxylation is 1. The number of nitrogens with two attached hydrogens (primary N) is 2. The summed E-state index contributed by atoms with van der Waals surface area (Å²) in [6, 6.07) is 6.05. The summed E-state index contributed by atoms with van der Waals surface area (Å²) >= 11 is 0. The molecule has 1 aliphatic carbocycles. The summed E-state index contributed by atoms with van der Waals surface area (Å²) in [5.74, 6) is -4.02. The lowest BCUT2D eigenvalue weighted by Crippen LogP contribution is -2.24. The second kappa shape index (κ2) is 7.03. The van der Waals surface area contributed by atoms with Crippen molar-refractivity contribution in [2.24, 2.45) is 16.5 Å². The van der Waals surface area contributed by atoms with Gasteiger partial charge in [-0.2, -0.15) is 4.99 Å². The Labute approximate surface area is 148 Å². The molecule has 1 amide bonds. The van der Waals surface area contributed by atoms with Crippen molar-refractivity contribution in [2.75, 3.05) is 0 Å². The van der Waals surface area contributed by atoms with Crippen molar-refractivity contribution < 1.29 is 18.0 Å². The van der Waals surface area contributed by atoms with Crippen molar-refractivity contribution in [3.05, 3.63) is 76.1 Å². The maximum absolute atomic E-state index is 14.3. The van der Waals surface area contributed by atoms with E-state index in [1.807, 2.05) is 0 Å². The van der Waals surface area contributed by atoms with Gasteiger partial charge in [-0.05, 0) is 48.1 Å². The zero-order chi connectivity index (χ0) is 18.8. The van der Waals surface area contributed by atoms with Crippen LogP contribution in [-0.4, -0.2) is 11.9 Å². The summed E-state index contributed by atoms with van der Waals surface area (Å²) in [6.07, 6.45) is 3.75. The Balaban J connectivity index is 2.18. The third kappa shape index (κ3) is 3.46. The molecule has 7 heteroatoms. The number of hydrogen-bond acceptors (Lipinski definition) is 1. The van der Waals surface area contributed by atoms with E-state index in [1.165, 1.54) is 6.07 Å². The second-order valence-corrected chi connectivity index (χ2v) is 5.97. The molecule has 2 aromatic rings. The minimum atomic E-state index is -0.998. The normalized spacial score (nSPS) is 13.4. The minimum Gasteiger partial charge on any atom is -0.370 e. The highest BCUT2D eigenvalue weighted by Crippen LogP contribution is 2.34. The number of benzene rings is 2. The average Bonchev–Trinajstić information content (AvgIpc) is 2.75. The van der Waals surface area contributed by atoms with E-state index in [4.69, 9.17) is 11.5 Å². The van der Waals surface area contributed by atoms with Crippen LogP contribution in [0.5, 0.6) is 0 Å². The van der Waals surface area contributed by atoms with Crippen molar-refractivity contribution in [1.29, 1.82) is 0 Å². The van der Waals surface area contributed by atoms with Crippen LogP contribution < -0.4 is 11.5 Å². The molecule has 0 fully saturated rings. The van der Waals surface area contributed by atoms with Crippen LogP contribution in [0.1, 0.15) is 39.9 Å². The Morgan fingerprint density at radius 1 is 1.04 bits per heavy atom. The molecule has 4 N–H and O–H groups in total. The topological polar surface area (TPSA) is 81.5 Å². The fraction of sp³-hybridized carbons (Fsp3) is 0.158. The molecule has 3 rings (SSSR count). The van der Waals surface area contributed by atoms with E-state index in [2.05, 4.69) is 4.99 Å². The van der Waals surface area contributed by atoms with Gasteiger partial charge in [-0.3, -0.25) is 4.79 Å². The minimum absolute atomic E-state index is 0.188. The molecule has 4 nitrogen and oxygen atoms in total. The van der Waals surface area contributed by atoms with Crippen LogP contribution >= 0.6 is 0 Å². The summed E-state index contributed by atoms with van der Waals surface area (Å²) in [6.45, 7) is 0. The van der Waals surface area contributed by atoms with Crippen LogP contribution in [0.25, 0.3) is 5.57 Å². The highest BCUT2D eigenvalue weighted by Gasteiger charge is 2.22. The number of guanidine groups is 1. The van der Waals surface area contributed by atoms with E-state index in [0.717, 1.165) is 12.0 Å². The number of aliphatic imine (C=N–C) groups is 1. The number of fused-ring (bicyclic) bond motifs is 1. The fourth-order valence-electron chi connectivity index (χ4n) is 3.05. The van der Waals surface area contributed by atoms with Gasteiger partial charge >= 0.3 is 0 Å². The Bertz CT molecular complexity index is 924. The van der Waals surface area contributed by atoms with E-state index < -0.39 is 23.4 Å². The second-order valence-electron chi connectivity index (χ2n) is 5.97. The number of amides is 1. The molecule has 0 unspecified atom stereocenters. The van der Waals surface area contributed by atoms with E-state index >= 15 is 0 Å². The van der Waals surface area contributed by atoms with Gasteiger partial charge in [0.1, 0.15) is 17.5 Å². The van der Waals surface area contributed by atoms with Gasteiger partial charge in [0, 0.05) is 17.7 Å². The van der Waals surface area contributed by atoms with Gasteiger partial charge in [-0.1, -0.05) is 12.1 Å². The Morgan fingerprint density at radius 3 is 2.38 bits per heavy atom. The Morgan fingerprint density at radius 2 is 1.73 bits per heavy atom. The third-order valence-electron chi connectivity index (χ3n) is 4.15. The maximum atomic E-state index is 14.3. The van der Waals surface area contributed by atoms with Crippen molar-refractivity contribution in [1.82, 2.24) is 0 Å². The lowest BCUT2D eigenvalue weighted by Gasteiger charge is -2.14. The van der Waals surface area contributed by atoms with Gasteiger partial charge < -0.3 is 11.5 Å². The van der Waals surface area contributed by atoms with Crippen LogP contribution in [0.2, 0.25) is 0 Å². The van der Waals surface area contributed by atoms with E-state index in [0.29, 0.717) is 30.5 Å². The summed E-state index contributed by atoms with van der Waals surface area (Å²) in [4.78, 5) is 15.6. The van der Waals surface area contributed by atoms with E-state index in [-0.39, 0.29) is 22.7 Å². The first-order valence-electron chi connectivity index (χ1n) is 7.99. The molecule has 0 aliphatic heterocycles. The lowest BCUT2D eigenvalue weighted by molar-refractivity contribution is 0.100. The van der Waals surface area contributed by atoms with Crippen molar-refractivity contribution >= 4 is 17.4 Å². The first-order chi connectivity index (χ1) is 12.4. The summed E-state index contributed by atoms with van der Waals surface area (Å²) < 4.78 is 41.9. The number of halogens is 3. The van der Waals surface area contributed by atoms with Crippen LogP contribution in [0.4, 0.5) is 13.2 Å². The van der Waals surface area contributed by atoms with Crippen molar-refractivity contribution in [3.8, 4) is 0 Å². The predicted molar refractivity (Wildman–Crippen MR) is 92.9 cm³/mol. The summed E-state index contributed by atoms with van der Waals surface area (Å²) in [7, 11) is 0. The quantitative estimate of drug-likeness (QED) is 0.638. The number of allylic oxidation sites excluding steroid dienone is 1. The molecule has 0 spiro atoms. The largest absolute Gasteiger partial charge is 0.370 e. The Hall–Kier alpha value is -3.09. The highest BCUT2D eigenvalue weighted by molar-refractivity contribution is 6.02. The van der Waals surface area contributed by atoms with E-state index in [9.17, 15) is 18.0 Å². The first kappa shape index (κ1) is 17.7. The molecular weight excluding hydrogens is 343 g/mol. The van der Waals surface area contributed by atoms with Gasteiger partial charge in [0.05, 0.1) is 5.56 Å². The van der Waals surface area contributed by atoms with Gasteiger partial charge in [-0.25, -0.2) is 13.2 Å². The smallest absolute Gasteiger partial charge is 0.280 e. The molecule has 0 bridgehead atoms. The Kier molecular flexibility index (Phi) is 4.79. The number of rotatable bonds is 2. The van der Waals surface area contributed by atoms with Gasteiger partial charge in [-0.15, -0.1) is 0 Å². The van der Waals surface area contributed by atoms with Crippen LogP contribution in [0.3, 0.4) is 0 Å². The van der Waals surface area contributed by atoms with Crippen LogP contribution in [0.15, 0.2) is 41.4 Å². The number of carbonyl (C=O) groups excluding carboxylic acids is 1. The highest BCUT2D eigenvalue weighted by atomic mass is 19.1. The third-order valence-corrected chi connectivity index (χ3v) is 4.15. The average molecular weight is 359 g/mol. The number of hydrogen-bond donors (Lipinski definition) is 2. The standard InChI is InChI=1S/C19H16F3N3O/c20-12-8-15(21)17(16(22)9-12)13-4-2-1-3-10-5-6-11(7-14(10)13)18(26)25-19(23)24/h4-9H,1-3H2,(H4,23,24,25,26). The SMILES string of the molecule is NC(N)=NC(=O)c1ccc2c(c1)C(c1c(F)cc(F)cc1F)=CCCC2. The summed E-state index contributed by atoms with van der Waals surface area (Å²) in [5.41, 5.74) is 11.9. The molecule has 0 heterocycles. The molecule has 0 aromatic heterocycles. The van der Waals surface area contributed by atoms with Gasteiger partial charge in [0.2, 0.25) is 0 Å². The number of nitrogens with zero attached hydrogens (tertiary/aromatic N) is 1. The van der Waals surface area contributed by atoms with E-state index in [1.54, 1.807) is 18.2 Å². The van der Waals surface area contributed by atoms with Gasteiger partial charge in [0.25, 0.3) is 5.91 Å². The molecule has 0 radical (unpaired) electrons. The molecule has 1 aliphatic rings. The van der Waals surface area contributed by atoms with Crippen LogP contribution in [0, 0.1) is 17.5 Å². The zero-order valence-electron chi connectivity index (χ0n) is 13.7. The molecule has 0 atom stereocenters.